The predicted molar refractivity (Wildman–Crippen MR) is 45.2 cm³/mol. The zero-order valence-corrected chi connectivity index (χ0v) is 7.42. The molecule has 0 heterocycles. The number of carbonyl (C=O) groups excluding carboxylic acids is 1. The number of nitrogens with zero attached hydrogens (tertiary/aromatic N) is 1. The number of rotatable bonds is 4. The molecule has 66 valence electrons. The van der Waals surface area contributed by atoms with Gasteiger partial charge in [-0.15, -0.1) is 0 Å². The molecule has 4 heteroatoms. The molecular weight excluding hydrogens is 142 g/mol. The standard InChI is InChI=1S/C7H17N3O/c1-6(8)7(11)10(3)5-4-9-2/h6,9H,4-5,8H2,1-3H3. The van der Waals surface area contributed by atoms with Crippen LogP contribution < -0.4 is 11.1 Å². The van der Waals surface area contributed by atoms with Gasteiger partial charge in [0.15, 0.2) is 0 Å². The maximum absolute atomic E-state index is 11.1. The molecule has 0 saturated carbocycles. The first-order valence-electron chi connectivity index (χ1n) is 3.74. The van der Waals surface area contributed by atoms with Gasteiger partial charge in [-0.05, 0) is 14.0 Å². The highest BCUT2D eigenvalue weighted by Crippen LogP contribution is 1.86. The third kappa shape index (κ3) is 3.95. The minimum absolute atomic E-state index is 0.0137. The molecule has 0 aliphatic rings. The first-order chi connectivity index (χ1) is 5.09. The van der Waals surface area contributed by atoms with Crippen LogP contribution in [0.4, 0.5) is 0 Å². The lowest BCUT2D eigenvalue weighted by atomic mass is 10.3. The largest absolute Gasteiger partial charge is 0.343 e. The summed E-state index contributed by atoms with van der Waals surface area (Å²) in [5.41, 5.74) is 5.40. The third-order valence-electron chi connectivity index (χ3n) is 1.46. The molecule has 0 radical (unpaired) electrons. The normalized spacial score (nSPS) is 12.7. The first-order valence-corrected chi connectivity index (χ1v) is 3.74. The van der Waals surface area contributed by atoms with E-state index in [1.807, 2.05) is 7.05 Å². The van der Waals surface area contributed by atoms with Crippen LogP contribution in [0.2, 0.25) is 0 Å². The second-order valence-electron chi connectivity index (χ2n) is 2.65. The van der Waals surface area contributed by atoms with Crippen LogP contribution >= 0.6 is 0 Å². The maximum Gasteiger partial charge on any atom is 0.238 e. The highest BCUT2D eigenvalue weighted by Gasteiger charge is 2.11. The van der Waals surface area contributed by atoms with E-state index in [2.05, 4.69) is 5.32 Å². The van der Waals surface area contributed by atoms with Crippen molar-refractivity contribution >= 4 is 5.91 Å². The van der Waals surface area contributed by atoms with E-state index < -0.39 is 6.04 Å². The van der Waals surface area contributed by atoms with Crippen LogP contribution in [0.1, 0.15) is 6.92 Å². The molecule has 1 atom stereocenters. The Morgan fingerprint density at radius 3 is 2.64 bits per heavy atom. The Bertz CT molecular complexity index is 125. The third-order valence-corrected chi connectivity index (χ3v) is 1.46. The molecule has 0 aromatic rings. The van der Waals surface area contributed by atoms with Crippen LogP contribution in [0.3, 0.4) is 0 Å². The lowest BCUT2D eigenvalue weighted by Gasteiger charge is -2.18. The molecule has 3 N–H and O–H groups in total. The zero-order chi connectivity index (χ0) is 8.85. The van der Waals surface area contributed by atoms with E-state index in [1.165, 1.54) is 0 Å². The quantitative estimate of drug-likeness (QED) is 0.554. The molecule has 4 nitrogen and oxygen atoms in total. The second-order valence-corrected chi connectivity index (χ2v) is 2.65. The van der Waals surface area contributed by atoms with Gasteiger partial charge in [0.2, 0.25) is 5.91 Å². The smallest absolute Gasteiger partial charge is 0.238 e. The molecule has 11 heavy (non-hydrogen) atoms. The van der Waals surface area contributed by atoms with E-state index >= 15 is 0 Å². The number of likely N-dealkylation sites (N-methyl/N-ethyl adjacent to an activating group) is 2. The van der Waals surface area contributed by atoms with Crippen LogP contribution in [0.25, 0.3) is 0 Å². The van der Waals surface area contributed by atoms with Crippen molar-refractivity contribution in [1.29, 1.82) is 0 Å². The van der Waals surface area contributed by atoms with Crippen molar-refractivity contribution in [3.8, 4) is 0 Å². The molecule has 0 fully saturated rings. The highest BCUT2D eigenvalue weighted by atomic mass is 16.2. The average molecular weight is 159 g/mol. The fraction of sp³-hybridized carbons (Fsp3) is 0.857. The van der Waals surface area contributed by atoms with Gasteiger partial charge in [0, 0.05) is 20.1 Å². The van der Waals surface area contributed by atoms with E-state index in [1.54, 1.807) is 18.9 Å². The molecular formula is C7H17N3O. The van der Waals surface area contributed by atoms with Crippen LogP contribution in [-0.4, -0.2) is 44.0 Å². The van der Waals surface area contributed by atoms with E-state index in [9.17, 15) is 4.79 Å². The Morgan fingerprint density at radius 1 is 1.73 bits per heavy atom. The summed E-state index contributed by atoms with van der Waals surface area (Å²) in [6.45, 7) is 3.20. The molecule has 1 amide bonds. The number of hydrogen-bond donors (Lipinski definition) is 2. The average Bonchev–Trinajstić information content (AvgIpc) is 1.98. The summed E-state index contributed by atoms with van der Waals surface area (Å²) in [4.78, 5) is 12.7. The van der Waals surface area contributed by atoms with E-state index in [0.29, 0.717) is 6.54 Å². The Kier molecular flexibility index (Phi) is 4.81. The molecule has 0 aliphatic carbocycles. The summed E-state index contributed by atoms with van der Waals surface area (Å²) in [7, 11) is 3.60. The van der Waals surface area contributed by atoms with Crippen molar-refractivity contribution in [3.63, 3.8) is 0 Å². The summed E-state index contributed by atoms with van der Waals surface area (Å²) in [5, 5.41) is 2.96. The second kappa shape index (κ2) is 5.09. The van der Waals surface area contributed by atoms with Crippen LogP contribution in [-0.2, 0) is 4.79 Å². The minimum Gasteiger partial charge on any atom is -0.343 e. The summed E-state index contributed by atoms with van der Waals surface area (Å²) >= 11 is 0. The molecule has 0 saturated heterocycles. The lowest BCUT2D eigenvalue weighted by molar-refractivity contribution is -0.130. The van der Waals surface area contributed by atoms with Gasteiger partial charge in [0.25, 0.3) is 0 Å². The van der Waals surface area contributed by atoms with E-state index in [0.717, 1.165) is 6.54 Å². The van der Waals surface area contributed by atoms with Gasteiger partial charge < -0.3 is 16.0 Å². The predicted octanol–water partition coefficient (Wildman–Crippen LogP) is -0.989. The van der Waals surface area contributed by atoms with Crippen molar-refractivity contribution in [1.82, 2.24) is 10.2 Å². The summed E-state index contributed by atoms with van der Waals surface area (Å²) in [5.74, 6) is -0.0137. The lowest BCUT2D eigenvalue weighted by Crippen LogP contribution is -2.42. The van der Waals surface area contributed by atoms with Crippen molar-refractivity contribution in [2.24, 2.45) is 5.73 Å². The van der Waals surface area contributed by atoms with Gasteiger partial charge >= 0.3 is 0 Å². The van der Waals surface area contributed by atoms with E-state index in [4.69, 9.17) is 5.73 Å². The van der Waals surface area contributed by atoms with Gasteiger partial charge in [-0.2, -0.15) is 0 Å². The maximum atomic E-state index is 11.1. The number of amides is 1. The highest BCUT2D eigenvalue weighted by molar-refractivity contribution is 5.80. The van der Waals surface area contributed by atoms with Crippen molar-refractivity contribution in [2.45, 2.75) is 13.0 Å². The van der Waals surface area contributed by atoms with E-state index in [-0.39, 0.29) is 5.91 Å². The fourth-order valence-electron chi connectivity index (χ4n) is 0.737. The Hall–Kier alpha value is -0.610. The Balaban J connectivity index is 3.64. The van der Waals surface area contributed by atoms with Crippen molar-refractivity contribution < 1.29 is 4.79 Å². The van der Waals surface area contributed by atoms with Crippen molar-refractivity contribution in [2.75, 3.05) is 27.2 Å². The Morgan fingerprint density at radius 2 is 2.27 bits per heavy atom. The number of carbonyl (C=O) groups is 1. The topological polar surface area (TPSA) is 58.4 Å². The molecule has 0 aliphatic heterocycles. The van der Waals surface area contributed by atoms with Gasteiger partial charge in [-0.3, -0.25) is 4.79 Å². The van der Waals surface area contributed by atoms with Crippen molar-refractivity contribution in [3.05, 3.63) is 0 Å². The molecule has 0 rings (SSSR count). The SMILES string of the molecule is CNCCN(C)C(=O)C(C)N. The molecule has 0 bridgehead atoms. The molecule has 1 unspecified atom stereocenters. The fourth-order valence-corrected chi connectivity index (χ4v) is 0.737. The van der Waals surface area contributed by atoms with Gasteiger partial charge in [-0.25, -0.2) is 0 Å². The minimum atomic E-state index is -0.392. The van der Waals surface area contributed by atoms with Gasteiger partial charge in [0.1, 0.15) is 0 Å². The number of nitrogens with one attached hydrogen (secondary N) is 1. The number of nitrogens with two attached hydrogens (primary N) is 1. The van der Waals surface area contributed by atoms with Crippen LogP contribution in [0.15, 0.2) is 0 Å². The molecule has 0 aromatic heterocycles. The molecule has 0 aromatic carbocycles. The number of hydrogen-bond acceptors (Lipinski definition) is 3. The summed E-state index contributed by atoms with van der Waals surface area (Å²) < 4.78 is 0. The molecule has 0 spiro atoms. The first kappa shape index (κ1) is 10.4. The van der Waals surface area contributed by atoms with Gasteiger partial charge in [-0.1, -0.05) is 0 Å². The van der Waals surface area contributed by atoms with Gasteiger partial charge in [0.05, 0.1) is 6.04 Å². The zero-order valence-electron chi connectivity index (χ0n) is 7.42. The monoisotopic (exact) mass is 159 g/mol. The summed E-state index contributed by atoms with van der Waals surface area (Å²) in [6, 6.07) is -0.392. The Labute approximate surface area is 67.7 Å². The van der Waals surface area contributed by atoms with Crippen LogP contribution in [0, 0.1) is 0 Å². The van der Waals surface area contributed by atoms with Crippen LogP contribution in [0.5, 0.6) is 0 Å². The summed E-state index contributed by atoms with van der Waals surface area (Å²) in [6.07, 6.45) is 0.